The van der Waals surface area contributed by atoms with Gasteiger partial charge in [-0.25, -0.2) is 18.9 Å². The number of aromatic nitrogens is 6. The maximum absolute atomic E-state index is 14.2. The van der Waals surface area contributed by atoms with E-state index in [1.165, 1.54) is 12.3 Å². The molecule has 3 N–H and O–H groups in total. The molecule has 0 amide bonds. The van der Waals surface area contributed by atoms with Gasteiger partial charge in [0, 0.05) is 17.7 Å². The van der Waals surface area contributed by atoms with Crippen LogP contribution in [0.1, 0.15) is 60.7 Å². The van der Waals surface area contributed by atoms with Crippen LogP contribution in [0.15, 0.2) is 24.7 Å². The monoisotopic (exact) mass is 493 g/mol. The largest absolute Gasteiger partial charge is 0.619 e. The van der Waals surface area contributed by atoms with E-state index in [4.69, 9.17) is 22.3 Å². The molecule has 1 aliphatic carbocycles. The van der Waals surface area contributed by atoms with Gasteiger partial charge in [0.1, 0.15) is 22.5 Å². The van der Waals surface area contributed by atoms with E-state index < -0.39 is 11.9 Å². The van der Waals surface area contributed by atoms with Gasteiger partial charge < -0.3 is 16.3 Å². The molecule has 1 fully saturated rings. The molecule has 12 heteroatoms. The van der Waals surface area contributed by atoms with Gasteiger partial charge in [0.05, 0.1) is 28.7 Å². The normalized spacial score (nSPS) is 14.1. The SMILES string of the molecule is CC[C@H](Nc1nc(N)nc(C)c1C#N)c1cn2nc(C3CC3)c(Cl)c2nc1-c1cc(F)c[n+]([O-])c1. The van der Waals surface area contributed by atoms with Gasteiger partial charge in [0.2, 0.25) is 12.1 Å². The van der Waals surface area contributed by atoms with Crippen molar-refractivity contribution >= 4 is 29.0 Å². The quantitative estimate of drug-likeness (QED) is 0.304. The number of anilines is 2. The molecular weight excluding hydrogens is 473 g/mol. The Morgan fingerprint density at radius 1 is 1.37 bits per heavy atom. The minimum absolute atomic E-state index is 0.0260. The van der Waals surface area contributed by atoms with Gasteiger partial charge in [0.15, 0.2) is 17.7 Å². The second-order valence-electron chi connectivity index (χ2n) is 8.50. The number of nitrogen functional groups attached to an aromatic ring is 1. The molecule has 1 aliphatic rings. The summed E-state index contributed by atoms with van der Waals surface area (Å²) >= 11 is 6.61. The third-order valence-electron chi connectivity index (χ3n) is 5.97. The van der Waals surface area contributed by atoms with E-state index in [1.54, 1.807) is 17.6 Å². The number of nitrogens with two attached hydrogens (primary N) is 1. The Morgan fingerprint density at radius 3 is 2.80 bits per heavy atom. The predicted octanol–water partition coefficient (Wildman–Crippen LogP) is 3.82. The first kappa shape index (κ1) is 22.7. The highest BCUT2D eigenvalue weighted by Crippen LogP contribution is 2.44. The van der Waals surface area contributed by atoms with Crippen LogP contribution < -0.4 is 15.8 Å². The lowest BCUT2D eigenvalue weighted by Crippen LogP contribution is -2.26. The summed E-state index contributed by atoms with van der Waals surface area (Å²) in [5.41, 5.74) is 8.98. The summed E-state index contributed by atoms with van der Waals surface area (Å²) < 4.78 is 16.2. The standard InChI is InChI=1S/C23H21ClFN9O/c1-3-17(29-21-15(7-26)11(2)28-23(27)31-21)16-10-34-22(18(24)20(32-34)12-4-5-12)30-19(16)13-6-14(25)9-33(35)8-13/h6,8-10,12,17H,3-5H2,1-2H3,(H3,27,28,29,31)/t17-/m0/s1. The molecule has 1 atom stereocenters. The van der Waals surface area contributed by atoms with Crippen molar-refractivity contribution in [2.45, 2.75) is 45.1 Å². The van der Waals surface area contributed by atoms with E-state index in [0.29, 0.717) is 44.7 Å². The summed E-state index contributed by atoms with van der Waals surface area (Å²) in [5.74, 6) is -0.112. The second kappa shape index (κ2) is 8.63. The van der Waals surface area contributed by atoms with E-state index in [1.807, 2.05) is 6.92 Å². The molecule has 4 aromatic rings. The summed E-state index contributed by atoms with van der Waals surface area (Å²) in [7, 11) is 0. The molecule has 0 bridgehead atoms. The molecule has 0 aliphatic heterocycles. The Balaban J connectivity index is 1.71. The number of nitrogens with zero attached hydrogens (tertiary/aromatic N) is 7. The lowest BCUT2D eigenvalue weighted by Gasteiger charge is -2.21. The first-order chi connectivity index (χ1) is 16.8. The molecule has 4 heterocycles. The first-order valence-electron chi connectivity index (χ1n) is 11.1. The van der Waals surface area contributed by atoms with Gasteiger partial charge in [0.25, 0.3) is 0 Å². The smallest absolute Gasteiger partial charge is 0.222 e. The fourth-order valence-electron chi connectivity index (χ4n) is 4.13. The van der Waals surface area contributed by atoms with Gasteiger partial charge in [-0.3, -0.25) is 0 Å². The van der Waals surface area contributed by atoms with Crippen LogP contribution in [0.5, 0.6) is 0 Å². The number of aryl methyl sites for hydroxylation is 1. The zero-order valence-corrected chi connectivity index (χ0v) is 19.7. The van der Waals surface area contributed by atoms with Gasteiger partial charge >= 0.3 is 0 Å². The Labute approximate surface area is 204 Å². The van der Waals surface area contributed by atoms with Gasteiger partial charge in [-0.15, -0.1) is 0 Å². The number of hydrogen-bond donors (Lipinski definition) is 2. The van der Waals surface area contributed by atoms with Crippen LogP contribution >= 0.6 is 11.6 Å². The van der Waals surface area contributed by atoms with Crippen molar-refractivity contribution in [3.05, 3.63) is 63.2 Å². The zero-order chi connectivity index (χ0) is 24.9. The molecule has 0 saturated heterocycles. The van der Waals surface area contributed by atoms with Crippen molar-refractivity contribution in [1.82, 2.24) is 24.6 Å². The Morgan fingerprint density at radius 2 is 2.14 bits per heavy atom. The summed E-state index contributed by atoms with van der Waals surface area (Å²) in [4.78, 5) is 13.0. The lowest BCUT2D eigenvalue weighted by molar-refractivity contribution is -0.606. The highest BCUT2D eigenvalue weighted by molar-refractivity contribution is 6.34. The van der Waals surface area contributed by atoms with Gasteiger partial charge in [-0.2, -0.15) is 20.1 Å². The van der Waals surface area contributed by atoms with Gasteiger partial charge in [-0.1, -0.05) is 18.5 Å². The van der Waals surface area contributed by atoms with Crippen molar-refractivity contribution in [2.75, 3.05) is 11.1 Å². The van der Waals surface area contributed by atoms with Gasteiger partial charge in [-0.05, 0) is 32.3 Å². The van der Waals surface area contributed by atoms with Crippen LogP contribution in [0.3, 0.4) is 0 Å². The van der Waals surface area contributed by atoms with E-state index in [0.717, 1.165) is 24.7 Å². The molecule has 0 spiro atoms. The average Bonchev–Trinajstić information content (AvgIpc) is 3.59. The van der Waals surface area contributed by atoms with Crippen molar-refractivity contribution in [3.63, 3.8) is 0 Å². The van der Waals surface area contributed by atoms with Crippen LogP contribution in [0, 0.1) is 29.3 Å². The Bertz CT molecular complexity index is 1490. The number of rotatable bonds is 6. The molecular formula is C23H21ClFN9O. The highest BCUT2D eigenvalue weighted by Gasteiger charge is 2.31. The Kier molecular flexibility index (Phi) is 5.61. The minimum Gasteiger partial charge on any atom is -0.619 e. The summed E-state index contributed by atoms with van der Waals surface area (Å²) in [6, 6.07) is 2.90. The maximum atomic E-state index is 14.2. The van der Waals surface area contributed by atoms with Crippen LogP contribution in [0.2, 0.25) is 5.02 Å². The maximum Gasteiger partial charge on any atom is 0.222 e. The summed E-state index contributed by atoms with van der Waals surface area (Å²) in [6.07, 6.45) is 6.39. The van der Waals surface area contributed by atoms with E-state index in [-0.39, 0.29) is 22.9 Å². The number of nitrogens with one attached hydrogen (secondary N) is 1. The fourth-order valence-corrected chi connectivity index (χ4v) is 4.45. The highest BCUT2D eigenvalue weighted by atomic mass is 35.5. The van der Waals surface area contributed by atoms with Crippen LogP contribution in [-0.4, -0.2) is 24.6 Å². The molecule has 0 radical (unpaired) electrons. The number of halogens is 2. The van der Waals surface area contributed by atoms with E-state index >= 15 is 0 Å². The van der Waals surface area contributed by atoms with E-state index in [2.05, 4.69) is 26.5 Å². The predicted molar refractivity (Wildman–Crippen MR) is 127 cm³/mol. The zero-order valence-electron chi connectivity index (χ0n) is 19.0. The lowest BCUT2D eigenvalue weighted by atomic mass is 10.00. The molecule has 0 aromatic carbocycles. The topological polar surface area (TPSA) is 145 Å². The molecule has 0 unspecified atom stereocenters. The summed E-state index contributed by atoms with van der Waals surface area (Å²) in [6.45, 7) is 3.60. The third-order valence-corrected chi connectivity index (χ3v) is 6.33. The van der Waals surface area contributed by atoms with Crippen LogP contribution in [0.25, 0.3) is 16.9 Å². The molecule has 178 valence electrons. The van der Waals surface area contributed by atoms with Crippen molar-refractivity contribution in [1.29, 1.82) is 5.26 Å². The average molecular weight is 494 g/mol. The minimum atomic E-state index is -0.699. The summed E-state index contributed by atoms with van der Waals surface area (Å²) in [5, 5.41) is 30.0. The number of pyridine rings is 1. The molecule has 35 heavy (non-hydrogen) atoms. The van der Waals surface area contributed by atoms with Crippen LogP contribution in [0.4, 0.5) is 16.2 Å². The molecule has 4 aromatic heterocycles. The first-order valence-corrected chi connectivity index (χ1v) is 11.5. The third kappa shape index (κ3) is 4.17. The number of fused-ring (bicyclic) bond motifs is 1. The molecule has 5 rings (SSSR count). The van der Waals surface area contributed by atoms with E-state index in [9.17, 15) is 14.9 Å². The fraction of sp³-hybridized carbons (Fsp3) is 0.304. The van der Waals surface area contributed by atoms with Crippen molar-refractivity contribution < 1.29 is 9.12 Å². The number of nitriles is 1. The second-order valence-corrected chi connectivity index (χ2v) is 8.87. The van der Waals surface area contributed by atoms with Crippen molar-refractivity contribution in [2.24, 2.45) is 0 Å². The Hall–Kier alpha value is -4.04. The molecule has 10 nitrogen and oxygen atoms in total. The molecule has 1 saturated carbocycles. The van der Waals surface area contributed by atoms with Crippen LogP contribution in [-0.2, 0) is 0 Å². The van der Waals surface area contributed by atoms with Crippen molar-refractivity contribution in [3.8, 4) is 17.3 Å². The number of hydrogen-bond acceptors (Lipinski definition) is 8.